The average molecular weight is 348 g/mol. The predicted molar refractivity (Wildman–Crippen MR) is 71.3 cm³/mol. The van der Waals surface area contributed by atoms with Crippen LogP contribution in [0.25, 0.3) is 0 Å². The van der Waals surface area contributed by atoms with Gasteiger partial charge in [-0.1, -0.05) is 11.6 Å². The summed E-state index contributed by atoms with van der Waals surface area (Å²) in [7, 11) is 0. The molecule has 1 heterocycles. The Morgan fingerprint density at radius 1 is 1.32 bits per heavy atom. The summed E-state index contributed by atoms with van der Waals surface area (Å²) in [5.74, 6) is -2.09. The number of rotatable bonds is 2. The maximum atomic E-state index is 13.6. The average Bonchev–Trinajstić information content (AvgIpc) is 2.36. The van der Waals surface area contributed by atoms with E-state index < -0.39 is 17.5 Å². The minimum atomic E-state index is -0.758. The van der Waals surface area contributed by atoms with E-state index in [4.69, 9.17) is 11.6 Å². The fourth-order valence-corrected chi connectivity index (χ4v) is 1.89. The zero-order chi connectivity index (χ0) is 14.0. The molecule has 1 amide bonds. The van der Waals surface area contributed by atoms with Crippen LogP contribution in [0.3, 0.4) is 0 Å². The lowest BCUT2D eigenvalue weighted by Crippen LogP contribution is -2.14. The molecule has 98 valence electrons. The lowest BCUT2D eigenvalue weighted by atomic mass is 10.2. The van der Waals surface area contributed by atoms with Crippen LogP contribution in [0.4, 0.5) is 14.5 Å². The van der Waals surface area contributed by atoms with Crippen LogP contribution in [0.15, 0.2) is 35.1 Å². The van der Waals surface area contributed by atoms with Crippen LogP contribution in [-0.2, 0) is 0 Å². The third-order valence-corrected chi connectivity index (χ3v) is 3.18. The number of aromatic nitrogens is 1. The summed E-state index contributed by atoms with van der Waals surface area (Å²) in [6, 6.07) is 3.19. The summed E-state index contributed by atoms with van der Waals surface area (Å²) >= 11 is 8.63. The van der Waals surface area contributed by atoms with Crippen molar-refractivity contribution in [2.24, 2.45) is 0 Å². The van der Waals surface area contributed by atoms with E-state index in [1.54, 1.807) is 0 Å². The van der Waals surface area contributed by atoms with Crippen molar-refractivity contribution in [1.29, 1.82) is 0 Å². The number of hydrogen-bond donors (Lipinski definition) is 1. The van der Waals surface area contributed by atoms with E-state index in [0.717, 1.165) is 12.1 Å². The molecule has 2 rings (SSSR count). The first kappa shape index (κ1) is 13.9. The van der Waals surface area contributed by atoms with Crippen molar-refractivity contribution in [2.45, 2.75) is 0 Å². The van der Waals surface area contributed by atoms with Crippen LogP contribution >= 0.6 is 27.5 Å². The molecule has 0 aliphatic heterocycles. The quantitative estimate of drug-likeness (QED) is 0.834. The maximum Gasteiger partial charge on any atom is 0.257 e. The number of amides is 1. The molecule has 7 heteroatoms. The predicted octanol–water partition coefficient (Wildman–Crippen LogP) is 4.03. The molecule has 2 aromatic rings. The number of carbonyl (C=O) groups is 1. The monoisotopic (exact) mass is 346 g/mol. The highest BCUT2D eigenvalue weighted by molar-refractivity contribution is 9.10. The van der Waals surface area contributed by atoms with E-state index in [2.05, 4.69) is 26.2 Å². The van der Waals surface area contributed by atoms with Crippen LogP contribution < -0.4 is 5.32 Å². The van der Waals surface area contributed by atoms with E-state index in [1.165, 1.54) is 18.5 Å². The summed E-state index contributed by atoms with van der Waals surface area (Å²) in [4.78, 5) is 15.6. The van der Waals surface area contributed by atoms with E-state index in [9.17, 15) is 13.6 Å². The molecule has 3 nitrogen and oxygen atoms in total. The van der Waals surface area contributed by atoms with Crippen LogP contribution in [0.5, 0.6) is 0 Å². The zero-order valence-electron chi connectivity index (χ0n) is 9.25. The molecule has 1 N–H and O–H groups in total. The van der Waals surface area contributed by atoms with Crippen LogP contribution in [-0.4, -0.2) is 10.9 Å². The van der Waals surface area contributed by atoms with Crippen molar-refractivity contribution in [3.05, 3.63) is 57.3 Å². The first-order chi connectivity index (χ1) is 8.99. The lowest BCUT2D eigenvalue weighted by molar-refractivity contribution is 0.102. The smallest absolute Gasteiger partial charge is 0.257 e. The van der Waals surface area contributed by atoms with Crippen molar-refractivity contribution < 1.29 is 13.6 Å². The maximum absolute atomic E-state index is 13.6. The molecule has 1 aromatic carbocycles. The van der Waals surface area contributed by atoms with Gasteiger partial charge in [-0.2, -0.15) is 0 Å². The standard InChI is InChI=1S/C12H6BrClF2N2O/c13-7-3-10(16)11(4-9(7)15)18-12(19)6-1-2-17-5-8(6)14/h1-5H,(H,18,19). The van der Waals surface area contributed by atoms with Gasteiger partial charge in [0.15, 0.2) is 0 Å². The molecule has 0 aliphatic rings. The van der Waals surface area contributed by atoms with Gasteiger partial charge in [-0.05, 0) is 28.1 Å². The van der Waals surface area contributed by atoms with E-state index >= 15 is 0 Å². The van der Waals surface area contributed by atoms with Gasteiger partial charge in [-0.15, -0.1) is 0 Å². The Bertz CT molecular complexity index is 652. The van der Waals surface area contributed by atoms with Crippen molar-refractivity contribution in [3.8, 4) is 0 Å². The molecule has 0 unspecified atom stereocenters. The minimum Gasteiger partial charge on any atom is -0.319 e. The topological polar surface area (TPSA) is 42.0 Å². The molecule has 0 saturated heterocycles. The SMILES string of the molecule is O=C(Nc1cc(F)c(Br)cc1F)c1ccncc1Cl. The molecule has 19 heavy (non-hydrogen) atoms. The molecular formula is C12H6BrClF2N2O. The van der Waals surface area contributed by atoms with Crippen molar-refractivity contribution in [1.82, 2.24) is 4.98 Å². The molecule has 0 fully saturated rings. The number of benzene rings is 1. The number of hydrogen-bond acceptors (Lipinski definition) is 2. The van der Waals surface area contributed by atoms with Gasteiger partial charge in [0.1, 0.15) is 11.6 Å². The van der Waals surface area contributed by atoms with E-state index in [1.807, 2.05) is 0 Å². The number of nitrogens with one attached hydrogen (secondary N) is 1. The number of pyridine rings is 1. The van der Waals surface area contributed by atoms with Crippen LogP contribution in [0.1, 0.15) is 10.4 Å². The van der Waals surface area contributed by atoms with Gasteiger partial charge >= 0.3 is 0 Å². The molecule has 1 aromatic heterocycles. The molecule has 0 atom stereocenters. The van der Waals surface area contributed by atoms with Gasteiger partial charge in [-0.3, -0.25) is 9.78 Å². The van der Waals surface area contributed by atoms with Crippen molar-refractivity contribution in [3.63, 3.8) is 0 Å². The van der Waals surface area contributed by atoms with Gasteiger partial charge in [0.25, 0.3) is 5.91 Å². The molecule has 0 radical (unpaired) electrons. The van der Waals surface area contributed by atoms with Crippen molar-refractivity contribution in [2.75, 3.05) is 5.32 Å². The Labute approximate surface area is 120 Å². The van der Waals surface area contributed by atoms with Crippen LogP contribution in [0, 0.1) is 11.6 Å². The molecule has 0 aliphatic carbocycles. The molecular weight excluding hydrogens is 341 g/mol. The Hall–Kier alpha value is -1.53. The molecule has 0 bridgehead atoms. The fourth-order valence-electron chi connectivity index (χ4n) is 1.37. The largest absolute Gasteiger partial charge is 0.319 e. The van der Waals surface area contributed by atoms with Gasteiger partial charge in [0, 0.05) is 18.5 Å². The third kappa shape index (κ3) is 3.08. The third-order valence-electron chi connectivity index (χ3n) is 2.28. The molecule has 0 saturated carbocycles. The van der Waals surface area contributed by atoms with Gasteiger partial charge < -0.3 is 5.32 Å². The zero-order valence-corrected chi connectivity index (χ0v) is 11.6. The highest BCUT2D eigenvalue weighted by atomic mass is 79.9. The normalized spacial score (nSPS) is 10.3. The summed E-state index contributed by atoms with van der Waals surface area (Å²) < 4.78 is 26.8. The number of halogens is 4. The summed E-state index contributed by atoms with van der Waals surface area (Å²) in [5, 5.41) is 2.37. The Kier molecular flexibility index (Phi) is 4.11. The lowest BCUT2D eigenvalue weighted by Gasteiger charge is -2.08. The Balaban J connectivity index is 2.30. The summed E-state index contributed by atoms with van der Waals surface area (Å²) in [5.41, 5.74) is -0.141. The Morgan fingerprint density at radius 3 is 2.74 bits per heavy atom. The summed E-state index contributed by atoms with van der Waals surface area (Å²) in [6.45, 7) is 0. The summed E-state index contributed by atoms with van der Waals surface area (Å²) in [6.07, 6.45) is 2.66. The highest BCUT2D eigenvalue weighted by Gasteiger charge is 2.14. The second kappa shape index (κ2) is 5.63. The second-order valence-corrected chi connectivity index (χ2v) is 4.82. The van der Waals surface area contributed by atoms with Gasteiger partial charge in [-0.25, -0.2) is 8.78 Å². The van der Waals surface area contributed by atoms with Gasteiger partial charge in [0.2, 0.25) is 0 Å². The van der Waals surface area contributed by atoms with Crippen LogP contribution in [0.2, 0.25) is 5.02 Å². The Morgan fingerprint density at radius 2 is 2.05 bits per heavy atom. The second-order valence-electron chi connectivity index (χ2n) is 3.56. The molecule has 0 spiro atoms. The van der Waals surface area contributed by atoms with Crippen molar-refractivity contribution >= 4 is 39.1 Å². The van der Waals surface area contributed by atoms with E-state index in [-0.39, 0.29) is 20.7 Å². The van der Waals surface area contributed by atoms with Gasteiger partial charge in [0.05, 0.1) is 20.7 Å². The first-order valence-electron chi connectivity index (χ1n) is 5.04. The number of carbonyl (C=O) groups excluding carboxylic acids is 1. The fraction of sp³-hybridized carbons (Fsp3) is 0. The number of nitrogens with zero attached hydrogens (tertiary/aromatic N) is 1. The highest BCUT2D eigenvalue weighted by Crippen LogP contribution is 2.24. The minimum absolute atomic E-state index is 0.0232. The first-order valence-corrected chi connectivity index (χ1v) is 6.21. The van der Waals surface area contributed by atoms with E-state index in [0.29, 0.717) is 0 Å². The number of anilines is 1.